The number of carboxylic acids is 1. The van der Waals surface area contributed by atoms with Crippen LogP contribution in [0.25, 0.3) is 0 Å². The van der Waals surface area contributed by atoms with Crippen molar-refractivity contribution in [2.24, 2.45) is 5.92 Å². The number of carbonyl (C=O) groups is 2. The van der Waals surface area contributed by atoms with Gasteiger partial charge in [-0.2, -0.15) is 0 Å². The van der Waals surface area contributed by atoms with Crippen LogP contribution < -0.4 is 9.64 Å². The van der Waals surface area contributed by atoms with E-state index in [9.17, 15) is 9.59 Å². The fourth-order valence-corrected chi connectivity index (χ4v) is 3.19. The first-order valence-corrected chi connectivity index (χ1v) is 9.11. The zero-order valence-electron chi connectivity index (χ0n) is 15.9. The van der Waals surface area contributed by atoms with Gasteiger partial charge in [-0.15, -0.1) is 0 Å². The van der Waals surface area contributed by atoms with E-state index in [-0.39, 0.29) is 22.8 Å². The van der Waals surface area contributed by atoms with Crippen LogP contribution in [0.4, 0.5) is 5.69 Å². The molecular weight excluding hydrogens is 342 g/mol. The molecule has 0 unspecified atom stereocenters. The number of aromatic carboxylic acids is 1. The molecule has 3 rings (SSSR count). The molecule has 1 N–H and O–H groups in total. The van der Waals surface area contributed by atoms with Gasteiger partial charge in [-0.1, -0.05) is 32.9 Å². The van der Waals surface area contributed by atoms with E-state index in [0.29, 0.717) is 25.3 Å². The lowest BCUT2D eigenvalue weighted by atomic mass is 9.87. The maximum absolute atomic E-state index is 12.4. The first kappa shape index (κ1) is 19.0. The highest BCUT2D eigenvalue weighted by Crippen LogP contribution is 2.29. The Morgan fingerprint density at radius 2 is 1.74 bits per heavy atom. The lowest BCUT2D eigenvalue weighted by Gasteiger charge is -2.21. The van der Waals surface area contributed by atoms with Gasteiger partial charge in [-0.05, 0) is 47.4 Å². The van der Waals surface area contributed by atoms with Crippen LogP contribution >= 0.6 is 0 Å². The number of carbonyl (C=O) groups excluding carboxylic acids is 1. The van der Waals surface area contributed by atoms with Crippen molar-refractivity contribution in [3.05, 3.63) is 59.7 Å². The van der Waals surface area contributed by atoms with Crippen molar-refractivity contribution in [2.45, 2.75) is 32.6 Å². The molecule has 5 nitrogen and oxygen atoms in total. The van der Waals surface area contributed by atoms with Crippen LogP contribution in [-0.2, 0) is 10.2 Å². The van der Waals surface area contributed by atoms with Crippen LogP contribution in [0.2, 0.25) is 0 Å². The molecule has 0 bridgehead atoms. The van der Waals surface area contributed by atoms with Crippen LogP contribution in [0, 0.1) is 5.92 Å². The number of nitrogens with zero attached hydrogens (tertiary/aromatic N) is 1. The second-order valence-electron chi connectivity index (χ2n) is 8.01. The number of amides is 1. The molecule has 0 aliphatic carbocycles. The maximum Gasteiger partial charge on any atom is 0.335 e. The Kier molecular flexibility index (Phi) is 5.22. The molecule has 0 saturated carbocycles. The molecule has 142 valence electrons. The molecule has 1 fully saturated rings. The molecule has 2 aromatic rings. The molecule has 1 aliphatic rings. The second-order valence-corrected chi connectivity index (χ2v) is 8.01. The summed E-state index contributed by atoms with van der Waals surface area (Å²) in [7, 11) is 0. The molecule has 0 aromatic heterocycles. The van der Waals surface area contributed by atoms with Crippen LogP contribution in [0.5, 0.6) is 5.75 Å². The van der Waals surface area contributed by atoms with E-state index in [2.05, 4.69) is 32.9 Å². The smallest absolute Gasteiger partial charge is 0.335 e. The van der Waals surface area contributed by atoms with Gasteiger partial charge in [0.1, 0.15) is 5.75 Å². The van der Waals surface area contributed by atoms with Crippen molar-refractivity contribution in [1.29, 1.82) is 0 Å². The average Bonchev–Trinajstić information content (AvgIpc) is 3.00. The predicted molar refractivity (Wildman–Crippen MR) is 104 cm³/mol. The summed E-state index contributed by atoms with van der Waals surface area (Å²) >= 11 is 0. The van der Waals surface area contributed by atoms with Crippen molar-refractivity contribution >= 4 is 17.6 Å². The summed E-state index contributed by atoms with van der Waals surface area (Å²) in [5.74, 6) is -0.135. The fourth-order valence-electron chi connectivity index (χ4n) is 3.19. The van der Waals surface area contributed by atoms with Crippen molar-refractivity contribution in [3.63, 3.8) is 0 Å². The summed E-state index contributed by atoms with van der Waals surface area (Å²) in [6.45, 7) is 7.55. The van der Waals surface area contributed by atoms with Gasteiger partial charge in [0.05, 0.1) is 12.2 Å². The highest BCUT2D eigenvalue weighted by molar-refractivity contribution is 5.95. The van der Waals surface area contributed by atoms with Crippen LogP contribution in [0.1, 0.15) is 43.1 Å². The van der Waals surface area contributed by atoms with Gasteiger partial charge in [-0.25, -0.2) is 4.79 Å². The summed E-state index contributed by atoms with van der Waals surface area (Å²) < 4.78 is 5.75. The van der Waals surface area contributed by atoms with E-state index in [1.54, 1.807) is 12.1 Å². The number of anilines is 1. The number of hydrogen-bond acceptors (Lipinski definition) is 3. The third-order valence-electron chi connectivity index (χ3n) is 4.84. The lowest BCUT2D eigenvalue weighted by molar-refractivity contribution is -0.117. The highest BCUT2D eigenvalue weighted by atomic mass is 16.5. The normalized spacial score (nSPS) is 17.2. The van der Waals surface area contributed by atoms with Crippen molar-refractivity contribution in [3.8, 4) is 5.75 Å². The molecule has 1 saturated heterocycles. The third kappa shape index (κ3) is 4.48. The van der Waals surface area contributed by atoms with E-state index in [0.717, 1.165) is 5.69 Å². The summed E-state index contributed by atoms with van der Waals surface area (Å²) in [6.07, 6.45) is 0.453. The molecule has 1 atom stereocenters. The molecular formula is C22H25NO4. The van der Waals surface area contributed by atoms with Gasteiger partial charge in [0.25, 0.3) is 0 Å². The minimum atomic E-state index is -0.962. The van der Waals surface area contributed by atoms with Gasteiger partial charge in [0, 0.05) is 24.6 Å². The van der Waals surface area contributed by atoms with Crippen molar-refractivity contribution in [2.75, 3.05) is 18.1 Å². The summed E-state index contributed by atoms with van der Waals surface area (Å²) in [5, 5.41) is 8.92. The zero-order chi connectivity index (χ0) is 19.6. The maximum atomic E-state index is 12.4. The molecule has 0 radical (unpaired) electrons. The number of hydrogen-bond donors (Lipinski definition) is 1. The van der Waals surface area contributed by atoms with Crippen LogP contribution in [-0.4, -0.2) is 30.1 Å². The van der Waals surface area contributed by atoms with Crippen molar-refractivity contribution in [1.82, 2.24) is 0 Å². The van der Waals surface area contributed by atoms with E-state index in [1.807, 2.05) is 17.0 Å². The summed E-state index contributed by atoms with van der Waals surface area (Å²) in [5.41, 5.74) is 2.47. The zero-order valence-corrected chi connectivity index (χ0v) is 15.9. The number of benzene rings is 2. The third-order valence-corrected chi connectivity index (χ3v) is 4.84. The summed E-state index contributed by atoms with van der Waals surface area (Å²) in [4.78, 5) is 25.1. The Morgan fingerprint density at radius 1 is 1.11 bits per heavy atom. The largest absolute Gasteiger partial charge is 0.493 e. The van der Waals surface area contributed by atoms with E-state index >= 15 is 0 Å². The molecule has 1 amide bonds. The Morgan fingerprint density at radius 3 is 2.30 bits per heavy atom. The first-order chi connectivity index (χ1) is 12.7. The van der Waals surface area contributed by atoms with Gasteiger partial charge in [0.15, 0.2) is 0 Å². The Bertz CT molecular complexity index is 819. The molecule has 2 aromatic carbocycles. The van der Waals surface area contributed by atoms with Gasteiger partial charge in [0.2, 0.25) is 5.91 Å². The molecule has 0 spiro atoms. The first-order valence-electron chi connectivity index (χ1n) is 9.11. The highest BCUT2D eigenvalue weighted by Gasteiger charge is 2.31. The van der Waals surface area contributed by atoms with E-state index < -0.39 is 5.97 Å². The number of ether oxygens (including phenoxy) is 1. The fraction of sp³-hybridized carbons (Fsp3) is 0.364. The lowest BCUT2D eigenvalue weighted by Crippen LogP contribution is -2.25. The van der Waals surface area contributed by atoms with Gasteiger partial charge < -0.3 is 14.7 Å². The molecule has 27 heavy (non-hydrogen) atoms. The molecule has 1 aliphatic heterocycles. The standard InChI is InChI=1S/C22H25NO4/c1-22(2,3)17-6-8-18(9-7-17)23-13-15(12-20(23)24)14-27-19-10-4-16(5-11-19)21(25)26/h4-11,15H,12-14H2,1-3H3,(H,25,26)/t15-/m1/s1. The average molecular weight is 367 g/mol. The van der Waals surface area contributed by atoms with Crippen LogP contribution in [0.15, 0.2) is 48.5 Å². The quantitative estimate of drug-likeness (QED) is 0.863. The summed E-state index contributed by atoms with van der Waals surface area (Å²) in [6, 6.07) is 14.5. The van der Waals surface area contributed by atoms with Crippen molar-refractivity contribution < 1.29 is 19.4 Å². The van der Waals surface area contributed by atoms with E-state index in [4.69, 9.17) is 9.84 Å². The topological polar surface area (TPSA) is 66.8 Å². The number of rotatable bonds is 5. The minimum Gasteiger partial charge on any atom is -0.493 e. The predicted octanol–water partition coefficient (Wildman–Crippen LogP) is 4.11. The Labute approximate surface area is 159 Å². The molecule has 1 heterocycles. The monoisotopic (exact) mass is 367 g/mol. The Balaban J connectivity index is 1.59. The van der Waals surface area contributed by atoms with E-state index in [1.165, 1.54) is 17.7 Å². The second kappa shape index (κ2) is 7.43. The van der Waals surface area contributed by atoms with Crippen LogP contribution in [0.3, 0.4) is 0 Å². The molecule has 5 heteroatoms. The van der Waals surface area contributed by atoms with Gasteiger partial charge >= 0.3 is 5.97 Å². The SMILES string of the molecule is CC(C)(C)c1ccc(N2C[C@H](COc3ccc(C(=O)O)cc3)CC2=O)cc1. The number of carboxylic acid groups (broad SMARTS) is 1. The minimum absolute atomic E-state index is 0.0834. The Hall–Kier alpha value is -2.82. The van der Waals surface area contributed by atoms with Gasteiger partial charge in [-0.3, -0.25) is 4.79 Å².